The largest absolute Gasteiger partial charge is 0.439 e. The van der Waals surface area contributed by atoms with E-state index in [2.05, 4.69) is 87.8 Å². The van der Waals surface area contributed by atoms with Gasteiger partial charge in [-0.2, -0.15) is 52.7 Å². The number of alkyl halides is 12. The number of ether oxygens (including phenoxy) is 4. The summed E-state index contributed by atoms with van der Waals surface area (Å²) in [6, 6.07) is 58.2. The first-order valence-electron chi connectivity index (χ1n) is 48.3. The second-order valence-corrected chi connectivity index (χ2v) is 42.3. The molecule has 0 aromatic heterocycles. The standard InChI is InChI=1S/C31H31ClF3NO2.C28H26BrClF3NO2.C28H26ClF3N2O4.C28H28ClF3N2O2/c1-17(2)21-8-10-28(32)27(15-21)26-9-7-22(20-5-6-20)13-24(26)16-36-19(4)29(38-30(36)37)23-11-18(3)12-25(14-23)31(33,34)35;1-15(2)18-5-8-25(30)24(13-18)23-7-6-22(29)12-20(23)14-34-17(4)26(36-27(34)35)19-9-16(3)10-21(11-19)28(31,32)33;1-15(2)18-5-8-25(29)24(13-18)23-7-6-22(34(36)37)12-20(23)14-33-17(4)26(38-27(33)35)19-9-16(3)10-21(11-19)28(30,31)32;1-15(2)18-5-8-25(29)24(13-18)23-7-6-22(33)12-20(23)14-34-17(4)26(36-27(34)35)19-9-16(3)10-21(11-19)28(30,31)32/h7-15,17,19-20,29H,5-6,16H2,1-4H3;5-13,15,17,26H,14H2,1-4H3;5-13,15,17,26H,14H2,1-4H3;5-13,15,17,26H,14,33H2,1-4H3/t19-,29-;3*17-,26-/m0000/s1. The van der Waals surface area contributed by atoms with Gasteiger partial charge >= 0.3 is 49.1 Å². The summed E-state index contributed by atoms with van der Waals surface area (Å²) in [6.45, 7) is 30.7. The van der Waals surface area contributed by atoms with Gasteiger partial charge < -0.3 is 24.7 Å². The quantitative estimate of drug-likeness (QED) is 0.0224. The predicted octanol–water partition coefficient (Wildman–Crippen LogP) is 35.3. The lowest BCUT2D eigenvalue weighted by molar-refractivity contribution is -0.384. The van der Waals surface area contributed by atoms with Crippen LogP contribution in [0.5, 0.6) is 0 Å². The van der Waals surface area contributed by atoms with E-state index in [4.69, 9.17) is 71.1 Å². The summed E-state index contributed by atoms with van der Waals surface area (Å²) in [6.07, 6.45) is -21.6. The number of nitro groups is 1. The Morgan fingerprint density at radius 1 is 0.338 bits per heavy atom. The second-order valence-electron chi connectivity index (χ2n) is 39.8. The lowest BCUT2D eigenvalue weighted by atomic mass is 9.92. The summed E-state index contributed by atoms with van der Waals surface area (Å²) < 4.78 is 184. The number of amides is 4. The highest BCUT2D eigenvalue weighted by Crippen LogP contribution is 2.50. The summed E-state index contributed by atoms with van der Waals surface area (Å²) in [5, 5.41) is 13.8. The fourth-order valence-electron chi connectivity index (χ4n) is 19.1. The third-order valence-electron chi connectivity index (χ3n) is 27.4. The number of hydrogen-bond donors (Lipinski definition) is 1. The average molecular weight is 2190 g/mol. The second kappa shape index (κ2) is 44.9. The van der Waals surface area contributed by atoms with Crippen molar-refractivity contribution in [3.05, 3.63) is 370 Å². The molecule has 12 aromatic carbocycles. The van der Waals surface area contributed by atoms with E-state index in [1.54, 1.807) is 107 Å². The fraction of sp³-hybridized carbons (Fsp3) is 0.339. The summed E-state index contributed by atoms with van der Waals surface area (Å²) in [7, 11) is 0. The van der Waals surface area contributed by atoms with Crippen LogP contribution in [0.1, 0.15) is 267 Å². The molecule has 780 valence electrons. The van der Waals surface area contributed by atoms with E-state index in [0.717, 1.165) is 138 Å². The van der Waals surface area contributed by atoms with Crippen LogP contribution in [-0.4, -0.2) is 73.1 Å². The molecule has 0 radical (unpaired) electrons. The van der Waals surface area contributed by atoms with E-state index < -0.39 is 125 Å². The molecule has 17 rings (SSSR count). The van der Waals surface area contributed by atoms with Crippen LogP contribution in [0.2, 0.25) is 20.1 Å². The maximum Gasteiger partial charge on any atom is 0.416 e. The Morgan fingerprint density at radius 2 is 0.595 bits per heavy atom. The summed E-state index contributed by atoms with van der Waals surface area (Å²) in [5.41, 5.74) is 21.5. The molecule has 5 aliphatic rings. The molecule has 4 saturated heterocycles. The molecule has 4 amide bonds. The number of benzene rings is 12. The van der Waals surface area contributed by atoms with Gasteiger partial charge in [0.05, 0.1) is 77.5 Å². The van der Waals surface area contributed by atoms with Gasteiger partial charge in [0, 0.05) is 64.6 Å². The minimum atomic E-state index is -4.55. The minimum absolute atomic E-state index is 0.0618. The zero-order valence-electron chi connectivity index (χ0n) is 83.9. The third-order valence-corrected chi connectivity index (χ3v) is 29.2. The number of rotatable bonds is 22. The van der Waals surface area contributed by atoms with Crippen LogP contribution in [0, 0.1) is 37.8 Å². The lowest BCUT2D eigenvalue weighted by Gasteiger charge is -2.24. The van der Waals surface area contributed by atoms with Gasteiger partial charge in [-0.3, -0.25) is 29.7 Å². The van der Waals surface area contributed by atoms with Crippen LogP contribution in [0.4, 0.5) is 83.2 Å². The van der Waals surface area contributed by atoms with Crippen LogP contribution in [0.25, 0.3) is 44.5 Å². The Balaban J connectivity index is 0.000000156. The number of anilines is 1. The molecule has 16 nitrogen and oxygen atoms in total. The van der Waals surface area contributed by atoms with Crippen molar-refractivity contribution in [1.29, 1.82) is 0 Å². The van der Waals surface area contributed by atoms with Crippen LogP contribution in [0.15, 0.2) is 223 Å². The molecule has 0 spiro atoms. The molecule has 1 aliphatic carbocycles. The van der Waals surface area contributed by atoms with Crippen molar-refractivity contribution in [3.63, 3.8) is 0 Å². The van der Waals surface area contributed by atoms with Crippen molar-refractivity contribution in [3.8, 4) is 44.5 Å². The maximum absolute atomic E-state index is 13.5. The molecule has 5 fully saturated rings. The first kappa shape index (κ1) is 111. The third kappa shape index (κ3) is 25.7. The van der Waals surface area contributed by atoms with E-state index in [1.807, 2.05) is 99.6 Å². The first-order valence-corrected chi connectivity index (χ1v) is 50.6. The smallest absolute Gasteiger partial charge is 0.416 e. The zero-order valence-corrected chi connectivity index (χ0v) is 88.5. The number of nitrogens with zero attached hydrogens (tertiary/aromatic N) is 5. The van der Waals surface area contributed by atoms with Crippen molar-refractivity contribution in [2.75, 3.05) is 5.73 Å². The van der Waals surface area contributed by atoms with Crippen LogP contribution < -0.4 is 5.73 Å². The number of nitro benzene ring substituents is 1. The minimum Gasteiger partial charge on any atom is -0.439 e. The van der Waals surface area contributed by atoms with E-state index in [1.165, 1.54) is 27.5 Å². The van der Waals surface area contributed by atoms with Gasteiger partial charge in [-0.15, -0.1) is 0 Å². The molecule has 0 bridgehead atoms. The average Bonchev–Trinajstić information content (AvgIpc) is 1.69. The molecule has 4 heterocycles. The zero-order chi connectivity index (χ0) is 108. The SMILES string of the molecule is Cc1cc([C@H]2OC(=O)N(Cc3cc(Br)ccc3-c3cc(C(C)C)ccc3Cl)[C@H]2C)cc(C(F)(F)F)c1.Cc1cc([C@H]2OC(=O)N(Cc3cc(C4CC4)ccc3-c3cc(C(C)C)ccc3Cl)[C@H]2C)cc(C(F)(F)F)c1.Cc1cc([C@H]2OC(=O)N(Cc3cc(N)ccc3-c3cc(C(C)C)ccc3Cl)[C@H]2C)cc(C(F)(F)F)c1.Cc1cc([C@H]2OC(=O)N(Cc3cc([N+](=O)[O-])ccc3-c3cc(C(C)C)ccc3Cl)[C@H]2C)cc(C(F)(F)F)c1. The Hall–Kier alpha value is -12.3. The van der Waals surface area contributed by atoms with Crippen molar-refractivity contribution >= 4 is 98.1 Å². The molecule has 33 heteroatoms. The Labute approximate surface area is 880 Å². The van der Waals surface area contributed by atoms with E-state index in [0.29, 0.717) is 105 Å². The topological polar surface area (TPSA) is 187 Å². The molecule has 1 saturated carbocycles. The van der Waals surface area contributed by atoms with Crippen molar-refractivity contribution in [1.82, 2.24) is 19.6 Å². The number of cyclic esters (lactones) is 4. The number of nitrogen functional groups attached to an aromatic ring is 1. The van der Waals surface area contributed by atoms with Gasteiger partial charge in [-0.25, -0.2) is 19.2 Å². The van der Waals surface area contributed by atoms with Gasteiger partial charge in [-0.1, -0.05) is 219 Å². The van der Waals surface area contributed by atoms with Gasteiger partial charge in [-0.05, 0) is 320 Å². The molecule has 148 heavy (non-hydrogen) atoms. The molecule has 4 aliphatic heterocycles. The number of carbonyl (C=O) groups excluding carboxylic acids is 4. The summed E-state index contributed by atoms with van der Waals surface area (Å²) >= 11 is 29.8. The highest BCUT2D eigenvalue weighted by Gasteiger charge is 2.48. The van der Waals surface area contributed by atoms with Gasteiger partial charge in [0.15, 0.2) is 0 Å². The Kier molecular flexibility index (Phi) is 33.8. The number of hydrogen-bond acceptors (Lipinski definition) is 11. The number of aryl methyl sites for hydroxylation is 4. The lowest BCUT2D eigenvalue weighted by Crippen LogP contribution is -2.31. The number of non-ortho nitro benzene ring substituents is 1. The number of halogens is 17. The molecule has 0 unspecified atom stereocenters. The summed E-state index contributed by atoms with van der Waals surface area (Å²) in [5.74, 6) is 1.65. The van der Waals surface area contributed by atoms with Gasteiger partial charge in [0.25, 0.3) is 5.69 Å². The van der Waals surface area contributed by atoms with Crippen LogP contribution in [-0.2, 0) is 69.8 Å². The van der Waals surface area contributed by atoms with Crippen LogP contribution >= 0.6 is 62.3 Å². The van der Waals surface area contributed by atoms with E-state index in [-0.39, 0.29) is 43.3 Å². The highest BCUT2D eigenvalue weighted by molar-refractivity contribution is 9.10. The monoisotopic (exact) mass is 2180 g/mol. The van der Waals surface area contributed by atoms with E-state index >= 15 is 0 Å². The first-order chi connectivity index (χ1) is 69.4. The molecule has 12 aromatic rings. The normalized spacial score (nSPS) is 18.5. The van der Waals surface area contributed by atoms with Crippen LogP contribution in [0.3, 0.4) is 0 Å². The molecule has 8 atom stereocenters. The van der Waals surface area contributed by atoms with Crippen molar-refractivity contribution < 1.29 is 95.7 Å². The molecular formula is C115H111BrCl4F12N6O10. The Bertz CT molecular complexity index is 6850. The summed E-state index contributed by atoms with van der Waals surface area (Å²) in [4.78, 5) is 68.9. The Morgan fingerprint density at radius 3 is 0.865 bits per heavy atom. The maximum atomic E-state index is 13.5. The highest BCUT2D eigenvalue weighted by atomic mass is 79.9. The van der Waals surface area contributed by atoms with Gasteiger partial charge in [0.2, 0.25) is 0 Å². The molecular weight excluding hydrogens is 2070 g/mol. The molecule has 2 N–H and O–H groups in total. The van der Waals surface area contributed by atoms with E-state index in [9.17, 15) is 82.0 Å². The fourth-order valence-corrected chi connectivity index (χ4v) is 20.4. The van der Waals surface area contributed by atoms with Crippen molar-refractivity contribution in [2.45, 2.75) is 253 Å². The van der Waals surface area contributed by atoms with Gasteiger partial charge in [0.1, 0.15) is 24.4 Å². The number of nitrogens with two attached hydrogens (primary N) is 1. The predicted molar refractivity (Wildman–Crippen MR) is 556 cm³/mol. The number of carbonyl (C=O) groups is 4. The van der Waals surface area contributed by atoms with Crippen molar-refractivity contribution in [2.24, 2.45) is 0 Å².